The maximum Gasteiger partial charge on any atom is 0.254 e. The molecule has 18 heavy (non-hydrogen) atoms. The summed E-state index contributed by atoms with van der Waals surface area (Å²) in [6.45, 7) is 4.37. The van der Waals surface area contributed by atoms with Gasteiger partial charge in [-0.15, -0.1) is 0 Å². The molecular formula is C12H16BrN3O2. The first-order valence-electron chi connectivity index (χ1n) is 5.59. The van der Waals surface area contributed by atoms with E-state index in [2.05, 4.69) is 20.9 Å². The minimum absolute atomic E-state index is 0.0725. The number of carbonyl (C=O) groups excluding carboxylic acids is 2. The number of amides is 2. The molecule has 0 atom stereocenters. The zero-order chi connectivity index (χ0) is 13.7. The molecule has 2 N–H and O–H groups in total. The third-order valence-corrected chi connectivity index (χ3v) is 2.63. The summed E-state index contributed by atoms with van der Waals surface area (Å²) in [6.07, 6.45) is 1.54. The molecule has 5 nitrogen and oxygen atoms in total. The minimum atomic E-state index is -0.517. The van der Waals surface area contributed by atoms with Crippen LogP contribution in [0.1, 0.15) is 24.2 Å². The van der Waals surface area contributed by atoms with Crippen LogP contribution in [-0.2, 0) is 4.79 Å². The number of hydrogen-bond acceptors (Lipinski definition) is 3. The lowest BCUT2D eigenvalue weighted by atomic mass is 10.1. The van der Waals surface area contributed by atoms with Crippen molar-refractivity contribution in [2.45, 2.75) is 13.8 Å². The lowest BCUT2D eigenvalue weighted by Crippen LogP contribution is -2.40. The molecule has 0 fully saturated rings. The molecule has 0 aliphatic carbocycles. The highest BCUT2D eigenvalue weighted by molar-refractivity contribution is 9.10. The van der Waals surface area contributed by atoms with Crippen molar-refractivity contribution in [2.75, 3.05) is 13.1 Å². The fourth-order valence-electron chi connectivity index (χ4n) is 1.57. The van der Waals surface area contributed by atoms with Crippen LogP contribution in [0.25, 0.3) is 0 Å². The molecule has 0 aliphatic heterocycles. The first-order valence-corrected chi connectivity index (χ1v) is 6.38. The van der Waals surface area contributed by atoms with E-state index in [-0.39, 0.29) is 18.4 Å². The maximum absolute atomic E-state index is 12.2. The second kappa shape index (κ2) is 6.49. The smallest absolute Gasteiger partial charge is 0.254 e. The van der Waals surface area contributed by atoms with Gasteiger partial charge in [0.15, 0.2) is 0 Å². The van der Waals surface area contributed by atoms with Crippen LogP contribution >= 0.6 is 15.9 Å². The molecule has 6 heteroatoms. The van der Waals surface area contributed by atoms with Crippen molar-refractivity contribution in [1.82, 2.24) is 9.88 Å². The van der Waals surface area contributed by atoms with Crippen LogP contribution in [0.5, 0.6) is 0 Å². The van der Waals surface area contributed by atoms with Gasteiger partial charge < -0.3 is 10.6 Å². The molecule has 0 radical (unpaired) electrons. The Kier molecular flexibility index (Phi) is 5.27. The van der Waals surface area contributed by atoms with E-state index in [1.165, 1.54) is 11.1 Å². The quantitative estimate of drug-likeness (QED) is 0.835. The van der Waals surface area contributed by atoms with Crippen molar-refractivity contribution < 1.29 is 9.59 Å². The van der Waals surface area contributed by atoms with Crippen LogP contribution in [0.15, 0.2) is 22.9 Å². The van der Waals surface area contributed by atoms with Gasteiger partial charge in [-0.25, -0.2) is 4.98 Å². The van der Waals surface area contributed by atoms with E-state index < -0.39 is 5.91 Å². The highest BCUT2D eigenvalue weighted by Gasteiger charge is 2.18. The predicted molar refractivity (Wildman–Crippen MR) is 71.9 cm³/mol. The fourth-order valence-corrected chi connectivity index (χ4v) is 1.93. The van der Waals surface area contributed by atoms with Crippen molar-refractivity contribution in [3.63, 3.8) is 0 Å². The van der Waals surface area contributed by atoms with Crippen LogP contribution < -0.4 is 5.73 Å². The Morgan fingerprint density at radius 1 is 1.50 bits per heavy atom. The molecule has 0 unspecified atom stereocenters. The Hall–Kier alpha value is -1.43. The van der Waals surface area contributed by atoms with E-state index in [9.17, 15) is 9.59 Å². The molecule has 1 aromatic rings. The van der Waals surface area contributed by atoms with E-state index in [1.54, 1.807) is 12.1 Å². The average molecular weight is 314 g/mol. The zero-order valence-corrected chi connectivity index (χ0v) is 12.0. The molecule has 0 saturated heterocycles. The summed E-state index contributed by atoms with van der Waals surface area (Å²) in [5.41, 5.74) is 5.65. The van der Waals surface area contributed by atoms with Gasteiger partial charge in [0.1, 0.15) is 4.60 Å². The summed E-state index contributed by atoms with van der Waals surface area (Å²) < 4.78 is 0.580. The molecule has 1 aromatic heterocycles. The summed E-state index contributed by atoms with van der Waals surface area (Å²) in [7, 11) is 0. The Bertz CT molecular complexity index is 449. The highest BCUT2D eigenvalue weighted by Crippen LogP contribution is 2.11. The van der Waals surface area contributed by atoms with E-state index in [0.717, 1.165) is 0 Å². The second-order valence-corrected chi connectivity index (χ2v) is 5.23. The van der Waals surface area contributed by atoms with Gasteiger partial charge in [-0.05, 0) is 34.0 Å². The van der Waals surface area contributed by atoms with Crippen molar-refractivity contribution >= 4 is 27.7 Å². The Morgan fingerprint density at radius 2 is 2.17 bits per heavy atom. The summed E-state index contributed by atoms with van der Waals surface area (Å²) >= 11 is 3.21. The monoisotopic (exact) mass is 313 g/mol. The Labute approximate surface area is 114 Å². The van der Waals surface area contributed by atoms with Gasteiger partial charge in [-0.2, -0.15) is 0 Å². The summed E-state index contributed by atoms with van der Waals surface area (Å²) in [5, 5.41) is 0. The number of primary amides is 1. The summed E-state index contributed by atoms with van der Waals surface area (Å²) in [4.78, 5) is 28.6. The SMILES string of the molecule is CC(C)CN(CC(N)=O)C(=O)c1ccnc(Br)c1. The fraction of sp³-hybridized carbons (Fsp3) is 0.417. The molecular weight excluding hydrogens is 298 g/mol. The molecule has 0 spiro atoms. The van der Waals surface area contributed by atoms with Gasteiger partial charge in [0, 0.05) is 18.3 Å². The van der Waals surface area contributed by atoms with Crippen molar-refractivity contribution in [2.24, 2.45) is 11.7 Å². The van der Waals surface area contributed by atoms with E-state index in [0.29, 0.717) is 16.7 Å². The molecule has 0 aliphatic rings. The number of hydrogen-bond donors (Lipinski definition) is 1. The molecule has 0 aromatic carbocycles. The largest absolute Gasteiger partial charge is 0.368 e. The molecule has 0 bridgehead atoms. The third kappa shape index (κ3) is 4.44. The Balaban J connectivity index is 2.90. The number of nitrogens with zero attached hydrogens (tertiary/aromatic N) is 2. The van der Waals surface area contributed by atoms with Gasteiger partial charge in [0.05, 0.1) is 6.54 Å². The number of aromatic nitrogens is 1. The van der Waals surface area contributed by atoms with E-state index in [4.69, 9.17) is 5.73 Å². The number of halogens is 1. The molecule has 1 heterocycles. The topological polar surface area (TPSA) is 76.3 Å². The third-order valence-electron chi connectivity index (χ3n) is 2.19. The van der Waals surface area contributed by atoms with Crippen LogP contribution in [0.2, 0.25) is 0 Å². The average Bonchev–Trinajstić information content (AvgIpc) is 2.26. The number of rotatable bonds is 5. The van der Waals surface area contributed by atoms with Crippen molar-refractivity contribution in [3.05, 3.63) is 28.5 Å². The lowest BCUT2D eigenvalue weighted by molar-refractivity contribution is -0.118. The van der Waals surface area contributed by atoms with E-state index in [1.807, 2.05) is 13.8 Å². The normalized spacial score (nSPS) is 10.4. The Morgan fingerprint density at radius 3 is 2.67 bits per heavy atom. The number of pyridine rings is 1. The van der Waals surface area contributed by atoms with E-state index >= 15 is 0 Å². The lowest BCUT2D eigenvalue weighted by Gasteiger charge is -2.23. The molecule has 98 valence electrons. The van der Waals surface area contributed by atoms with Crippen LogP contribution in [-0.4, -0.2) is 34.8 Å². The molecule has 2 amide bonds. The van der Waals surface area contributed by atoms with Gasteiger partial charge in [0.2, 0.25) is 5.91 Å². The predicted octanol–water partition coefficient (Wildman–Crippen LogP) is 1.43. The zero-order valence-electron chi connectivity index (χ0n) is 10.4. The van der Waals surface area contributed by atoms with Gasteiger partial charge in [0.25, 0.3) is 5.91 Å². The van der Waals surface area contributed by atoms with Crippen molar-refractivity contribution in [3.8, 4) is 0 Å². The molecule has 0 saturated carbocycles. The second-order valence-electron chi connectivity index (χ2n) is 4.41. The first kappa shape index (κ1) is 14.6. The molecule has 1 rings (SSSR count). The van der Waals surface area contributed by atoms with Gasteiger partial charge in [-0.3, -0.25) is 9.59 Å². The van der Waals surface area contributed by atoms with Crippen LogP contribution in [0, 0.1) is 5.92 Å². The maximum atomic E-state index is 12.2. The highest BCUT2D eigenvalue weighted by atomic mass is 79.9. The van der Waals surface area contributed by atoms with Gasteiger partial charge >= 0.3 is 0 Å². The van der Waals surface area contributed by atoms with Gasteiger partial charge in [-0.1, -0.05) is 13.8 Å². The summed E-state index contributed by atoms with van der Waals surface area (Å²) in [5.74, 6) is -0.471. The first-order chi connectivity index (χ1) is 8.40. The summed E-state index contributed by atoms with van der Waals surface area (Å²) in [6, 6.07) is 3.23. The van der Waals surface area contributed by atoms with Crippen molar-refractivity contribution in [1.29, 1.82) is 0 Å². The number of carbonyl (C=O) groups is 2. The minimum Gasteiger partial charge on any atom is -0.368 e. The number of nitrogens with two attached hydrogens (primary N) is 1. The van der Waals surface area contributed by atoms with Crippen LogP contribution in [0.4, 0.5) is 0 Å². The standard InChI is InChI=1S/C12H16BrN3O2/c1-8(2)6-16(7-11(14)17)12(18)9-3-4-15-10(13)5-9/h3-5,8H,6-7H2,1-2H3,(H2,14,17). The van der Waals surface area contributed by atoms with Crippen LogP contribution in [0.3, 0.4) is 0 Å².